The van der Waals surface area contributed by atoms with E-state index in [1.807, 2.05) is 0 Å². The molecule has 5 heteroatoms. The maximum absolute atomic E-state index is 11.8. The third-order valence-electron chi connectivity index (χ3n) is 2.53. The van der Waals surface area contributed by atoms with Gasteiger partial charge in [-0.3, -0.25) is 9.59 Å². The maximum atomic E-state index is 11.8. The summed E-state index contributed by atoms with van der Waals surface area (Å²) >= 11 is 5.94. The first-order valence-corrected chi connectivity index (χ1v) is 5.32. The van der Waals surface area contributed by atoms with Crippen LogP contribution >= 0.6 is 11.6 Å². The number of hydrogen-bond donors (Lipinski definition) is 2. The molecule has 4 nitrogen and oxygen atoms in total. The van der Waals surface area contributed by atoms with E-state index >= 15 is 0 Å². The van der Waals surface area contributed by atoms with E-state index in [9.17, 15) is 9.59 Å². The van der Waals surface area contributed by atoms with E-state index in [1.165, 1.54) is 0 Å². The third-order valence-corrected chi connectivity index (χ3v) is 2.85. The minimum atomic E-state index is -0.421. The molecule has 0 aliphatic carbocycles. The van der Waals surface area contributed by atoms with Crippen LogP contribution in [-0.2, 0) is 4.79 Å². The highest BCUT2D eigenvalue weighted by molar-refractivity contribution is 6.35. The van der Waals surface area contributed by atoms with Crippen molar-refractivity contribution in [2.75, 3.05) is 5.32 Å². The lowest BCUT2D eigenvalue weighted by Gasteiger charge is -2.25. The van der Waals surface area contributed by atoms with Gasteiger partial charge >= 0.3 is 0 Å². The second kappa shape index (κ2) is 4.14. The van der Waals surface area contributed by atoms with Crippen molar-refractivity contribution >= 4 is 29.0 Å². The normalized spacial score (nSPS) is 18.8. The Morgan fingerprint density at radius 2 is 2.31 bits per heavy atom. The zero-order valence-electron chi connectivity index (χ0n) is 8.50. The smallest absolute Gasteiger partial charge is 0.219 e. The van der Waals surface area contributed by atoms with Crippen molar-refractivity contribution in [2.24, 2.45) is 5.73 Å². The molecule has 1 aliphatic rings. The number of Topliss-reactive ketones (excluding diaryl/α,β-unsaturated/α-hetero) is 1. The lowest BCUT2D eigenvalue weighted by atomic mass is 9.95. The first-order chi connectivity index (χ1) is 7.58. The van der Waals surface area contributed by atoms with Crippen molar-refractivity contribution in [3.8, 4) is 0 Å². The predicted molar refractivity (Wildman–Crippen MR) is 61.6 cm³/mol. The molecule has 84 valence electrons. The maximum Gasteiger partial charge on any atom is 0.219 e. The van der Waals surface area contributed by atoms with Crippen LogP contribution in [0.3, 0.4) is 0 Å². The van der Waals surface area contributed by atoms with E-state index in [2.05, 4.69) is 5.32 Å². The van der Waals surface area contributed by atoms with Gasteiger partial charge in [0.2, 0.25) is 5.91 Å². The van der Waals surface area contributed by atoms with E-state index in [4.69, 9.17) is 17.3 Å². The average Bonchev–Trinajstić information content (AvgIpc) is 2.15. The first-order valence-electron chi connectivity index (χ1n) is 4.94. The minimum Gasteiger partial charge on any atom is -0.381 e. The SMILES string of the molecule is NC(=O)CC1CC(=O)c2c(Cl)cccc2N1. The number of carbonyl (C=O) groups excluding carboxylic acids is 2. The Hall–Kier alpha value is -1.55. The van der Waals surface area contributed by atoms with Crippen molar-refractivity contribution in [1.29, 1.82) is 0 Å². The molecule has 0 aromatic heterocycles. The van der Waals surface area contributed by atoms with Gasteiger partial charge < -0.3 is 11.1 Å². The van der Waals surface area contributed by atoms with Gasteiger partial charge in [-0.15, -0.1) is 0 Å². The number of hydrogen-bond acceptors (Lipinski definition) is 3. The van der Waals surface area contributed by atoms with Crippen molar-refractivity contribution < 1.29 is 9.59 Å². The van der Waals surface area contributed by atoms with Gasteiger partial charge in [0.05, 0.1) is 10.6 Å². The lowest BCUT2D eigenvalue weighted by molar-refractivity contribution is -0.118. The van der Waals surface area contributed by atoms with Crippen LogP contribution in [0.1, 0.15) is 23.2 Å². The standard InChI is InChI=1S/C11H11ClN2O2/c12-7-2-1-3-8-11(7)9(15)4-6(14-8)5-10(13)16/h1-3,6,14H,4-5H2,(H2,13,16). The van der Waals surface area contributed by atoms with Crippen LogP contribution in [0.4, 0.5) is 5.69 Å². The molecule has 1 heterocycles. The van der Waals surface area contributed by atoms with Gasteiger partial charge in [0.25, 0.3) is 0 Å². The molecule has 1 atom stereocenters. The molecule has 0 fully saturated rings. The van der Waals surface area contributed by atoms with E-state index in [-0.39, 0.29) is 24.7 Å². The Morgan fingerprint density at radius 3 is 3.00 bits per heavy atom. The summed E-state index contributed by atoms with van der Waals surface area (Å²) in [6.45, 7) is 0. The van der Waals surface area contributed by atoms with Gasteiger partial charge in [-0.25, -0.2) is 0 Å². The molecule has 2 rings (SSSR count). The number of nitrogens with one attached hydrogen (secondary N) is 1. The first kappa shape index (κ1) is 11.0. The molecular weight excluding hydrogens is 228 g/mol. The number of primary amides is 1. The molecule has 3 N–H and O–H groups in total. The molecule has 1 aromatic rings. The number of ketones is 1. The Morgan fingerprint density at radius 1 is 1.56 bits per heavy atom. The summed E-state index contributed by atoms with van der Waals surface area (Å²) in [6, 6.07) is 4.98. The summed E-state index contributed by atoms with van der Waals surface area (Å²) in [4.78, 5) is 22.6. The van der Waals surface area contributed by atoms with Crippen LogP contribution in [0, 0.1) is 0 Å². The summed E-state index contributed by atoms with van der Waals surface area (Å²) in [5.41, 5.74) is 6.28. The Balaban J connectivity index is 2.30. The Bertz CT molecular complexity index is 459. The molecule has 0 bridgehead atoms. The minimum absolute atomic E-state index is 0.0504. The number of halogens is 1. The van der Waals surface area contributed by atoms with E-state index in [1.54, 1.807) is 18.2 Å². The second-order valence-corrected chi connectivity index (χ2v) is 4.21. The lowest BCUT2D eigenvalue weighted by Crippen LogP contribution is -2.33. The molecule has 1 amide bonds. The molecule has 16 heavy (non-hydrogen) atoms. The molecule has 0 saturated carbocycles. The summed E-state index contributed by atoms with van der Waals surface area (Å²) in [7, 11) is 0. The van der Waals surface area contributed by atoms with Crippen molar-refractivity contribution in [2.45, 2.75) is 18.9 Å². The van der Waals surface area contributed by atoms with Crippen LogP contribution in [0.25, 0.3) is 0 Å². The fourth-order valence-electron chi connectivity index (χ4n) is 1.89. The molecule has 0 radical (unpaired) electrons. The highest BCUT2D eigenvalue weighted by atomic mass is 35.5. The fraction of sp³-hybridized carbons (Fsp3) is 0.273. The monoisotopic (exact) mass is 238 g/mol. The fourth-order valence-corrected chi connectivity index (χ4v) is 2.17. The van der Waals surface area contributed by atoms with Gasteiger partial charge in [0, 0.05) is 24.6 Å². The quantitative estimate of drug-likeness (QED) is 0.822. The van der Waals surface area contributed by atoms with Crippen LogP contribution < -0.4 is 11.1 Å². The van der Waals surface area contributed by atoms with Gasteiger partial charge in [0.1, 0.15) is 0 Å². The molecule has 1 aliphatic heterocycles. The van der Waals surface area contributed by atoms with Gasteiger partial charge in [0.15, 0.2) is 5.78 Å². The summed E-state index contributed by atoms with van der Waals surface area (Å²) < 4.78 is 0. The largest absolute Gasteiger partial charge is 0.381 e. The third kappa shape index (κ3) is 2.02. The molecule has 0 saturated heterocycles. The summed E-state index contributed by atoms with van der Waals surface area (Å²) in [5, 5.41) is 3.53. The van der Waals surface area contributed by atoms with Crippen LogP contribution in [-0.4, -0.2) is 17.7 Å². The zero-order chi connectivity index (χ0) is 11.7. The number of fused-ring (bicyclic) bond motifs is 1. The highest BCUT2D eigenvalue weighted by Crippen LogP contribution is 2.31. The topological polar surface area (TPSA) is 72.2 Å². The van der Waals surface area contributed by atoms with Crippen molar-refractivity contribution in [3.05, 3.63) is 28.8 Å². The number of carbonyl (C=O) groups is 2. The second-order valence-electron chi connectivity index (χ2n) is 3.80. The van der Waals surface area contributed by atoms with Crippen LogP contribution in [0.2, 0.25) is 5.02 Å². The van der Waals surface area contributed by atoms with Gasteiger partial charge in [-0.2, -0.15) is 0 Å². The van der Waals surface area contributed by atoms with Gasteiger partial charge in [-0.1, -0.05) is 17.7 Å². The number of anilines is 1. The molecule has 1 aromatic carbocycles. The molecule has 0 spiro atoms. The Kier molecular flexibility index (Phi) is 2.83. The van der Waals surface area contributed by atoms with Crippen molar-refractivity contribution in [1.82, 2.24) is 0 Å². The van der Waals surface area contributed by atoms with E-state index in [0.29, 0.717) is 16.3 Å². The number of amides is 1. The summed E-state index contributed by atoms with van der Waals surface area (Å²) in [5.74, 6) is -0.471. The van der Waals surface area contributed by atoms with Gasteiger partial charge in [-0.05, 0) is 12.1 Å². The Labute approximate surface area is 97.8 Å². The van der Waals surface area contributed by atoms with E-state index in [0.717, 1.165) is 0 Å². The highest BCUT2D eigenvalue weighted by Gasteiger charge is 2.27. The number of rotatable bonds is 2. The predicted octanol–water partition coefficient (Wildman–Crippen LogP) is 1.58. The zero-order valence-corrected chi connectivity index (χ0v) is 9.25. The summed E-state index contributed by atoms with van der Waals surface area (Å²) in [6.07, 6.45) is 0.400. The molecule has 1 unspecified atom stereocenters. The number of nitrogens with two attached hydrogens (primary N) is 1. The number of benzene rings is 1. The molecular formula is C11H11ClN2O2. The average molecular weight is 239 g/mol. The van der Waals surface area contributed by atoms with Crippen LogP contribution in [0.5, 0.6) is 0 Å². The van der Waals surface area contributed by atoms with Crippen molar-refractivity contribution in [3.63, 3.8) is 0 Å². The van der Waals surface area contributed by atoms with Crippen LogP contribution in [0.15, 0.2) is 18.2 Å². The van der Waals surface area contributed by atoms with E-state index < -0.39 is 5.91 Å².